The number of nitrogens with zero attached hydrogens (tertiary/aromatic N) is 1. The zero-order valence-electron chi connectivity index (χ0n) is 12.3. The maximum absolute atomic E-state index is 11.7. The first kappa shape index (κ1) is 16.2. The first-order chi connectivity index (χ1) is 9.34. The lowest BCUT2D eigenvalue weighted by Gasteiger charge is -2.07. The fourth-order valence-corrected chi connectivity index (χ4v) is 2.41. The summed E-state index contributed by atoms with van der Waals surface area (Å²) < 4.78 is 27.9. The Labute approximate surface area is 121 Å². The van der Waals surface area contributed by atoms with Gasteiger partial charge in [0.05, 0.1) is 19.8 Å². The lowest BCUT2D eigenvalue weighted by atomic mass is 10.3. The van der Waals surface area contributed by atoms with Crippen LogP contribution < -0.4 is 10.0 Å². The van der Waals surface area contributed by atoms with Gasteiger partial charge in [-0.15, -0.1) is 0 Å². The highest BCUT2D eigenvalue weighted by Crippen LogP contribution is 2.15. The Morgan fingerprint density at radius 2 is 1.75 bits per heavy atom. The van der Waals surface area contributed by atoms with Crippen LogP contribution in [0.25, 0.3) is 0 Å². The molecule has 1 aromatic rings. The lowest BCUT2D eigenvalue weighted by molar-refractivity contribution is -0.464. The van der Waals surface area contributed by atoms with Crippen molar-refractivity contribution in [3.8, 4) is 0 Å². The third kappa shape index (κ3) is 5.44. The Hall–Kier alpha value is -1.82. The molecule has 2 N–H and O–H groups in total. The van der Waals surface area contributed by atoms with Crippen molar-refractivity contribution < 1.29 is 13.0 Å². The number of allylic oxidation sites excluding steroid dienone is 1. The molecule has 0 bridgehead atoms. The quantitative estimate of drug-likeness (QED) is 0.379. The van der Waals surface area contributed by atoms with Gasteiger partial charge in [-0.2, -0.15) is 0 Å². The summed E-state index contributed by atoms with van der Waals surface area (Å²) in [7, 11) is 0.584. The van der Waals surface area contributed by atoms with Gasteiger partial charge in [-0.3, -0.25) is 9.30 Å². The number of rotatable bonds is 5. The Kier molecular flexibility index (Phi) is 5.76. The molecule has 1 rings (SSSR count). The Morgan fingerprint density at radius 1 is 1.20 bits per heavy atom. The SMILES string of the molecule is C/C=C/CS(=O)(=O)Nc1ccc(NC(C)=[N+](C)C)cc1. The molecule has 0 saturated heterocycles. The molecule has 1 aromatic carbocycles. The molecule has 0 aliphatic carbocycles. The van der Waals surface area contributed by atoms with E-state index in [0.29, 0.717) is 5.69 Å². The van der Waals surface area contributed by atoms with Crippen molar-refractivity contribution in [2.45, 2.75) is 13.8 Å². The summed E-state index contributed by atoms with van der Waals surface area (Å²) in [4.78, 5) is 0. The molecule has 6 heteroatoms. The van der Waals surface area contributed by atoms with Crippen molar-refractivity contribution in [3.05, 3.63) is 36.4 Å². The summed E-state index contributed by atoms with van der Waals surface area (Å²) in [6, 6.07) is 7.14. The van der Waals surface area contributed by atoms with Gasteiger partial charge in [-0.05, 0) is 31.2 Å². The zero-order chi connectivity index (χ0) is 15.2. The normalized spacial score (nSPS) is 11.4. The maximum atomic E-state index is 11.7. The minimum Gasteiger partial charge on any atom is -0.283 e. The number of anilines is 2. The predicted octanol–water partition coefficient (Wildman–Crippen LogP) is 2.11. The van der Waals surface area contributed by atoms with E-state index in [1.54, 1.807) is 31.2 Å². The number of amidine groups is 1. The zero-order valence-corrected chi connectivity index (χ0v) is 13.2. The van der Waals surface area contributed by atoms with Crippen LogP contribution in [0.5, 0.6) is 0 Å². The number of hydrogen-bond donors (Lipinski definition) is 2. The van der Waals surface area contributed by atoms with Crippen molar-refractivity contribution in [2.24, 2.45) is 0 Å². The molecule has 0 unspecified atom stereocenters. The molecule has 0 amide bonds. The number of nitrogens with one attached hydrogen (secondary N) is 2. The van der Waals surface area contributed by atoms with Crippen molar-refractivity contribution in [3.63, 3.8) is 0 Å². The smallest absolute Gasteiger partial charge is 0.246 e. The van der Waals surface area contributed by atoms with Crippen LogP contribution >= 0.6 is 0 Å². The molecule has 5 nitrogen and oxygen atoms in total. The molecule has 0 fully saturated rings. The average Bonchev–Trinajstić information content (AvgIpc) is 2.38. The van der Waals surface area contributed by atoms with Crippen LogP contribution in [0.3, 0.4) is 0 Å². The Balaban J connectivity index is 2.75. The van der Waals surface area contributed by atoms with Gasteiger partial charge in [-0.25, -0.2) is 13.7 Å². The highest BCUT2D eigenvalue weighted by atomic mass is 32.2. The van der Waals surface area contributed by atoms with Crippen LogP contribution in [0.2, 0.25) is 0 Å². The topological polar surface area (TPSA) is 61.2 Å². The van der Waals surface area contributed by atoms with E-state index < -0.39 is 10.0 Å². The largest absolute Gasteiger partial charge is 0.283 e. The molecule has 20 heavy (non-hydrogen) atoms. The third-order valence-electron chi connectivity index (χ3n) is 2.71. The second-order valence-electron chi connectivity index (χ2n) is 4.63. The summed E-state index contributed by atoms with van der Waals surface area (Å²) in [5.74, 6) is 0.989. The molecule has 0 saturated carbocycles. The van der Waals surface area contributed by atoms with Gasteiger partial charge >= 0.3 is 0 Å². The maximum Gasteiger partial charge on any atom is 0.246 e. The van der Waals surface area contributed by atoms with E-state index in [1.165, 1.54) is 0 Å². The lowest BCUT2D eigenvalue weighted by Crippen LogP contribution is -2.18. The van der Waals surface area contributed by atoms with E-state index >= 15 is 0 Å². The number of hydrogen-bond acceptors (Lipinski definition) is 2. The monoisotopic (exact) mass is 296 g/mol. The predicted molar refractivity (Wildman–Crippen MR) is 85.1 cm³/mol. The van der Waals surface area contributed by atoms with Crippen molar-refractivity contribution in [2.75, 3.05) is 29.9 Å². The minimum atomic E-state index is -3.32. The van der Waals surface area contributed by atoms with E-state index in [9.17, 15) is 8.42 Å². The van der Waals surface area contributed by atoms with Crippen LogP contribution in [-0.4, -0.2) is 38.7 Å². The molecule has 0 aliphatic rings. The van der Waals surface area contributed by atoms with E-state index in [0.717, 1.165) is 11.5 Å². The summed E-state index contributed by atoms with van der Waals surface area (Å²) in [6.07, 6.45) is 3.32. The van der Waals surface area contributed by atoms with Gasteiger partial charge in [0.15, 0.2) is 0 Å². The molecule has 110 valence electrons. The van der Waals surface area contributed by atoms with Crippen LogP contribution in [0.1, 0.15) is 13.8 Å². The molecule has 0 aromatic heterocycles. The number of benzene rings is 1. The molecular formula is C14H22N3O2S+. The fraction of sp³-hybridized carbons (Fsp3) is 0.357. The van der Waals surface area contributed by atoms with Crippen LogP contribution in [-0.2, 0) is 10.0 Å². The third-order valence-corrected chi connectivity index (χ3v) is 3.88. The van der Waals surface area contributed by atoms with Gasteiger partial charge in [0.25, 0.3) is 0 Å². The van der Waals surface area contributed by atoms with Gasteiger partial charge in [0, 0.05) is 12.6 Å². The Bertz CT molecular complexity index is 598. The summed E-state index contributed by atoms with van der Waals surface area (Å²) in [6.45, 7) is 3.76. The first-order valence-corrected chi connectivity index (χ1v) is 7.99. The molecule has 0 radical (unpaired) electrons. The van der Waals surface area contributed by atoms with E-state index in [2.05, 4.69) is 10.0 Å². The van der Waals surface area contributed by atoms with Crippen molar-refractivity contribution in [1.82, 2.24) is 0 Å². The molecule has 0 spiro atoms. The molecular weight excluding hydrogens is 274 g/mol. The standard InChI is InChI=1S/C14H21N3O2S/c1-5-6-11-20(18,19)16-14-9-7-13(8-10-14)15-12(2)17(3)4/h5-10,16H,11H2,1-4H3/p+1/b6-5+. The molecule has 0 aliphatic heterocycles. The number of sulfonamides is 1. The first-order valence-electron chi connectivity index (χ1n) is 6.33. The summed E-state index contributed by atoms with van der Waals surface area (Å²) >= 11 is 0. The fourth-order valence-electron chi connectivity index (χ4n) is 1.39. The summed E-state index contributed by atoms with van der Waals surface area (Å²) in [5, 5.41) is 3.22. The average molecular weight is 296 g/mol. The molecule has 0 atom stereocenters. The van der Waals surface area contributed by atoms with Gasteiger partial charge in [0.1, 0.15) is 5.69 Å². The van der Waals surface area contributed by atoms with Crippen LogP contribution in [0.4, 0.5) is 11.4 Å². The van der Waals surface area contributed by atoms with Crippen LogP contribution in [0.15, 0.2) is 36.4 Å². The highest BCUT2D eigenvalue weighted by molar-refractivity contribution is 7.92. The second-order valence-corrected chi connectivity index (χ2v) is 6.40. The second kappa shape index (κ2) is 7.09. The van der Waals surface area contributed by atoms with Crippen molar-refractivity contribution in [1.29, 1.82) is 0 Å². The van der Waals surface area contributed by atoms with Gasteiger partial charge < -0.3 is 0 Å². The van der Waals surface area contributed by atoms with Crippen LogP contribution in [0, 0.1) is 0 Å². The summed E-state index contributed by atoms with van der Waals surface area (Å²) in [5.41, 5.74) is 1.47. The molecule has 0 heterocycles. The van der Waals surface area contributed by atoms with E-state index in [4.69, 9.17) is 0 Å². The van der Waals surface area contributed by atoms with Crippen molar-refractivity contribution >= 4 is 27.2 Å². The Morgan fingerprint density at radius 3 is 2.25 bits per heavy atom. The van der Waals surface area contributed by atoms with E-state index in [1.807, 2.05) is 37.7 Å². The van der Waals surface area contributed by atoms with Gasteiger partial charge in [-0.1, -0.05) is 12.2 Å². The van der Waals surface area contributed by atoms with Gasteiger partial charge in [0.2, 0.25) is 15.9 Å². The minimum absolute atomic E-state index is 0.0168. The highest BCUT2D eigenvalue weighted by Gasteiger charge is 2.08. The van der Waals surface area contributed by atoms with E-state index in [-0.39, 0.29) is 5.75 Å².